The molecule has 3 atom stereocenters. The van der Waals surface area contributed by atoms with E-state index in [9.17, 15) is 5.11 Å². The van der Waals surface area contributed by atoms with Crippen molar-refractivity contribution in [3.8, 4) is 0 Å². The monoisotopic (exact) mass is 244 g/mol. The van der Waals surface area contributed by atoms with Crippen molar-refractivity contribution < 1.29 is 9.84 Å². The molecule has 1 aliphatic heterocycles. The summed E-state index contributed by atoms with van der Waals surface area (Å²) in [4.78, 5) is 2.31. The first-order valence-corrected chi connectivity index (χ1v) is 6.76. The summed E-state index contributed by atoms with van der Waals surface area (Å²) in [6.45, 7) is 9.07. The molecule has 0 spiro atoms. The van der Waals surface area contributed by atoms with Crippen LogP contribution in [0.25, 0.3) is 0 Å². The maximum Gasteiger partial charge on any atom is 0.0900 e. The van der Waals surface area contributed by atoms with Crippen LogP contribution in [0.1, 0.15) is 33.6 Å². The maximum absolute atomic E-state index is 9.92. The minimum atomic E-state index is -0.403. The fourth-order valence-corrected chi connectivity index (χ4v) is 2.41. The molecule has 0 radical (unpaired) electrons. The second kappa shape index (κ2) is 7.31. The van der Waals surface area contributed by atoms with Gasteiger partial charge >= 0.3 is 0 Å². The fraction of sp³-hybridized carbons (Fsp3) is 1.00. The highest BCUT2D eigenvalue weighted by molar-refractivity contribution is 4.82. The highest BCUT2D eigenvalue weighted by Gasteiger charge is 2.26. The zero-order valence-electron chi connectivity index (χ0n) is 11.4. The van der Waals surface area contributed by atoms with Crippen LogP contribution < -0.4 is 5.73 Å². The molecule has 1 aliphatic rings. The number of nitrogens with zero attached hydrogens (tertiary/aromatic N) is 1. The molecule has 3 unspecified atom stereocenters. The van der Waals surface area contributed by atoms with Crippen molar-refractivity contribution >= 4 is 0 Å². The van der Waals surface area contributed by atoms with E-state index < -0.39 is 6.10 Å². The van der Waals surface area contributed by atoms with Crippen molar-refractivity contribution in [1.82, 2.24) is 4.90 Å². The zero-order valence-corrected chi connectivity index (χ0v) is 11.4. The number of aliphatic hydroxyl groups excluding tert-OH is 1. The number of nitrogens with two attached hydrogens (primary N) is 1. The van der Waals surface area contributed by atoms with E-state index in [0.717, 1.165) is 18.9 Å². The van der Waals surface area contributed by atoms with Gasteiger partial charge in [-0.25, -0.2) is 0 Å². The highest BCUT2D eigenvalue weighted by atomic mass is 16.5. The van der Waals surface area contributed by atoms with Crippen molar-refractivity contribution in [3.63, 3.8) is 0 Å². The Labute approximate surface area is 105 Å². The van der Waals surface area contributed by atoms with Crippen molar-refractivity contribution in [2.24, 2.45) is 11.7 Å². The molecule has 0 aromatic carbocycles. The Hall–Kier alpha value is -0.160. The fourth-order valence-electron chi connectivity index (χ4n) is 2.41. The van der Waals surface area contributed by atoms with Crippen molar-refractivity contribution in [3.05, 3.63) is 0 Å². The Morgan fingerprint density at radius 2 is 2.18 bits per heavy atom. The third kappa shape index (κ3) is 5.34. The van der Waals surface area contributed by atoms with E-state index in [1.54, 1.807) is 0 Å². The molecule has 1 fully saturated rings. The van der Waals surface area contributed by atoms with E-state index in [-0.39, 0.29) is 6.10 Å². The molecular formula is C13H28N2O2. The van der Waals surface area contributed by atoms with Crippen LogP contribution >= 0.6 is 0 Å². The molecule has 1 heterocycles. The number of hydrogen-bond acceptors (Lipinski definition) is 4. The van der Waals surface area contributed by atoms with E-state index in [0.29, 0.717) is 25.7 Å². The summed E-state index contributed by atoms with van der Waals surface area (Å²) in [5, 5.41) is 9.92. The summed E-state index contributed by atoms with van der Waals surface area (Å²) < 4.78 is 5.43. The number of piperidine rings is 1. The molecule has 0 aliphatic carbocycles. The lowest BCUT2D eigenvalue weighted by molar-refractivity contribution is -0.0205. The van der Waals surface area contributed by atoms with E-state index in [1.807, 2.05) is 13.8 Å². The van der Waals surface area contributed by atoms with E-state index >= 15 is 0 Å². The van der Waals surface area contributed by atoms with Crippen LogP contribution in [0.5, 0.6) is 0 Å². The smallest absolute Gasteiger partial charge is 0.0900 e. The van der Waals surface area contributed by atoms with Crippen molar-refractivity contribution in [2.45, 2.75) is 51.9 Å². The number of hydrogen-bond donors (Lipinski definition) is 2. The van der Waals surface area contributed by atoms with E-state index in [1.165, 1.54) is 6.42 Å². The number of likely N-dealkylation sites (tertiary alicyclic amines) is 1. The first-order chi connectivity index (χ1) is 8.02. The molecule has 1 saturated heterocycles. The summed E-state index contributed by atoms with van der Waals surface area (Å²) in [6.07, 6.45) is 2.12. The van der Waals surface area contributed by atoms with Gasteiger partial charge < -0.3 is 15.6 Å². The molecule has 17 heavy (non-hydrogen) atoms. The predicted octanol–water partition coefficient (Wildman–Crippen LogP) is 0.832. The van der Waals surface area contributed by atoms with E-state index in [4.69, 9.17) is 10.5 Å². The van der Waals surface area contributed by atoms with E-state index in [2.05, 4.69) is 11.8 Å². The SMILES string of the molecule is CC1CCN(CC(O)COC(C)C)C(CN)C1. The van der Waals surface area contributed by atoms with Crippen molar-refractivity contribution in [1.29, 1.82) is 0 Å². The lowest BCUT2D eigenvalue weighted by atomic mass is 9.92. The second-order valence-electron chi connectivity index (χ2n) is 5.55. The topological polar surface area (TPSA) is 58.7 Å². The van der Waals surface area contributed by atoms with Gasteiger partial charge in [0, 0.05) is 19.1 Å². The largest absolute Gasteiger partial charge is 0.389 e. The molecule has 0 amide bonds. The summed E-state index contributed by atoms with van der Waals surface area (Å²) in [5.74, 6) is 0.754. The first-order valence-electron chi connectivity index (χ1n) is 6.76. The van der Waals surface area contributed by atoms with Gasteiger partial charge in [-0.1, -0.05) is 6.92 Å². The minimum absolute atomic E-state index is 0.177. The summed E-state index contributed by atoms with van der Waals surface area (Å²) in [7, 11) is 0. The number of β-amino-alcohol motifs (C(OH)–C–C–N with tert-alkyl or cyclic N) is 1. The molecular weight excluding hydrogens is 216 g/mol. The number of ether oxygens (including phenoxy) is 1. The molecule has 4 nitrogen and oxygen atoms in total. The van der Waals surface area contributed by atoms with Gasteiger partial charge in [0.2, 0.25) is 0 Å². The minimum Gasteiger partial charge on any atom is -0.389 e. The average Bonchev–Trinajstić information content (AvgIpc) is 2.28. The Morgan fingerprint density at radius 1 is 1.47 bits per heavy atom. The van der Waals surface area contributed by atoms with Crippen LogP contribution in [0.4, 0.5) is 0 Å². The normalized spacial score (nSPS) is 28.6. The van der Waals surface area contributed by atoms with Gasteiger partial charge in [0.05, 0.1) is 18.8 Å². The van der Waals surface area contributed by atoms with Crippen LogP contribution in [-0.2, 0) is 4.74 Å². The van der Waals surface area contributed by atoms with Crippen LogP contribution in [0.3, 0.4) is 0 Å². The molecule has 4 heteroatoms. The van der Waals surface area contributed by atoms with Gasteiger partial charge in [0.1, 0.15) is 0 Å². The standard InChI is InChI=1S/C13H28N2O2/c1-10(2)17-9-13(16)8-15-5-4-11(3)6-12(15)7-14/h10-13,16H,4-9,14H2,1-3H3. The van der Waals surface area contributed by atoms with Gasteiger partial charge in [-0.3, -0.25) is 4.90 Å². The molecule has 0 aromatic rings. The molecule has 102 valence electrons. The average molecular weight is 244 g/mol. The van der Waals surface area contributed by atoms with Crippen molar-refractivity contribution in [2.75, 3.05) is 26.2 Å². The van der Waals surface area contributed by atoms with Crippen LogP contribution in [0.2, 0.25) is 0 Å². The lowest BCUT2D eigenvalue weighted by Crippen LogP contribution is -2.49. The second-order valence-corrected chi connectivity index (χ2v) is 5.55. The third-order valence-electron chi connectivity index (χ3n) is 3.44. The Balaban J connectivity index is 2.33. The Kier molecular flexibility index (Phi) is 6.41. The predicted molar refractivity (Wildman–Crippen MR) is 69.9 cm³/mol. The number of rotatable bonds is 6. The molecule has 0 saturated carbocycles. The summed E-state index contributed by atoms with van der Waals surface area (Å²) in [5.41, 5.74) is 5.80. The van der Waals surface area contributed by atoms with Crippen LogP contribution in [0, 0.1) is 5.92 Å². The molecule has 3 N–H and O–H groups in total. The Bertz CT molecular complexity index is 212. The van der Waals surface area contributed by atoms with Gasteiger partial charge in [0.15, 0.2) is 0 Å². The van der Waals surface area contributed by atoms with Crippen LogP contribution in [-0.4, -0.2) is 54.5 Å². The molecule has 0 bridgehead atoms. The Morgan fingerprint density at radius 3 is 2.76 bits per heavy atom. The third-order valence-corrected chi connectivity index (χ3v) is 3.44. The van der Waals surface area contributed by atoms with Gasteiger partial charge in [0.25, 0.3) is 0 Å². The quantitative estimate of drug-likeness (QED) is 0.726. The number of aliphatic hydroxyl groups is 1. The van der Waals surface area contributed by atoms with Gasteiger partial charge in [-0.2, -0.15) is 0 Å². The summed E-state index contributed by atoms with van der Waals surface area (Å²) in [6, 6.07) is 0.424. The van der Waals surface area contributed by atoms with Crippen LogP contribution in [0.15, 0.2) is 0 Å². The van der Waals surface area contributed by atoms with Gasteiger partial charge in [-0.05, 0) is 39.2 Å². The highest BCUT2D eigenvalue weighted by Crippen LogP contribution is 2.21. The maximum atomic E-state index is 9.92. The lowest BCUT2D eigenvalue weighted by Gasteiger charge is -2.38. The molecule has 1 rings (SSSR count). The van der Waals surface area contributed by atoms with Gasteiger partial charge in [-0.15, -0.1) is 0 Å². The molecule has 0 aromatic heterocycles. The first kappa shape index (κ1) is 14.9. The summed E-state index contributed by atoms with van der Waals surface area (Å²) >= 11 is 0. The zero-order chi connectivity index (χ0) is 12.8.